The van der Waals surface area contributed by atoms with Gasteiger partial charge in [-0.2, -0.15) is 0 Å². The SMILES string of the molecule is C=CCC(NC(=O)NCCc1nccs1)C(=O)O. The van der Waals surface area contributed by atoms with Gasteiger partial charge >= 0.3 is 12.0 Å². The van der Waals surface area contributed by atoms with Gasteiger partial charge in [0.1, 0.15) is 6.04 Å². The molecule has 0 aliphatic carbocycles. The third-order valence-corrected chi connectivity index (χ3v) is 2.95. The van der Waals surface area contributed by atoms with Gasteiger partial charge in [0.25, 0.3) is 0 Å². The Labute approximate surface area is 109 Å². The quantitative estimate of drug-likeness (QED) is 0.644. The van der Waals surface area contributed by atoms with E-state index < -0.39 is 18.0 Å². The predicted molar refractivity (Wildman–Crippen MR) is 68.6 cm³/mol. The topological polar surface area (TPSA) is 91.3 Å². The molecule has 1 atom stereocenters. The summed E-state index contributed by atoms with van der Waals surface area (Å²) in [7, 11) is 0. The lowest BCUT2D eigenvalue weighted by molar-refractivity contribution is -0.139. The van der Waals surface area contributed by atoms with Crippen LogP contribution in [0.15, 0.2) is 24.2 Å². The van der Waals surface area contributed by atoms with Crippen LogP contribution in [0, 0.1) is 0 Å². The van der Waals surface area contributed by atoms with E-state index in [-0.39, 0.29) is 6.42 Å². The highest BCUT2D eigenvalue weighted by Gasteiger charge is 2.17. The number of urea groups is 1. The molecule has 0 fully saturated rings. The summed E-state index contributed by atoms with van der Waals surface area (Å²) in [6.07, 6.45) is 3.97. The number of aromatic nitrogens is 1. The molecular formula is C11H15N3O3S. The summed E-state index contributed by atoms with van der Waals surface area (Å²) in [4.78, 5) is 26.3. The fourth-order valence-electron chi connectivity index (χ4n) is 1.26. The molecule has 18 heavy (non-hydrogen) atoms. The molecule has 1 rings (SSSR count). The summed E-state index contributed by atoms with van der Waals surface area (Å²) < 4.78 is 0. The van der Waals surface area contributed by atoms with Crippen LogP contribution in [0.4, 0.5) is 4.79 Å². The number of carbonyl (C=O) groups is 2. The van der Waals surface area contributed by atoms with Crippen molar-refractivity contribution in [3.05, 3.63) is 29.2 Å². The van der Waals surface area contributed by atoms with Crippen LogP contribution >= 0.6 is 11.3 Å². The van der Waals surface area contributed by atoms with E-state index in [1.807, 2.05) is 5.38 Å². The van der Waals surface area contributed by atoms with Gasteiger partial charge in [-0.3, -0.25) is 0 Å². The molecule has 2 amide bonds. The van der Waals surface area contributed by atoms with E-state index in [1.165, 1.54) is 17.4 Å². The number of rotatable bonds is 7. The molecule has 0 bridgehead atoms. The normalized spacial score (nSPS) is 11.6. The van der Waals surface area contributed by atoms with Crippen molar-refractivity contribution in [2.24, 2.45) is 0 Å². The van der Waals surface area contributed by atoms with Crippen molar-refractivity contribution < 1.29 is 14.7 Å². The second-order valence-corrected chi connectivity index (χ2v) is 4.47. The lowest BCUT2D eigenvalue weighted by Crippen LogP contribution is -2.46. The van der Waals surface area contributed by atoms with Crippen LogP contribution in [0.1, 0.15) is 11.4 Å². The van der Waals surface area contributed by atoms with Crippen molar-refractivity contribution in [1.82, 2.24) is 15.6 Å². The van der Waals surface area contributed by atoms with E-state index >= 15 is 0 Å². The van der Waals surface area contributed by atoms with Crippen molar-refractivity contribution in [2.75, 3.05) is 6.54 Å². The van der Waals surface area contributed by atoms with Gasteiger partial charge in [-0.1, -0.05) is 6.08 Å². The largest absolute Gasteiger partial charge is 0.480 e. The van der Waals surface area contributed by atoms with Gasteiger partial charge in [-0.05, 0) is 6.42 Å². The molecule has 0 saturated carbocycles. The molecular weight excluding hydrogens is 254 g/mol. The lowest BCUT2D eigenvalue weighted by atomic mass is 10.2. The minimum atomic E-state index is -1.08. The van der Waals surface area contributed by atoms with E-state index in [1.54, 1.807) is 6.20 Å². The molecule has 0 radical (unpaired) electrons. The van der Waals surface area contributed by atoms with Crippen LogP contribution in [0.25, 0.3) is 0 Å². The number of carbonyl (C=O) groups excluding carboxylic acids is 1. The highest BCUT2D eigenvalue weighted by molar-refractivity contribution is 7.09. The zero-order valence-electron chi connectivity index (χ0n) is 9.76. The third kappa shape index (κ3) is 4.96. The molecule has 7 heteroatoms. The highest BCUT2D eigenvalue weighted by Crippen LogP contribution is 2.03. The predicted octanol–water partition coefficient (Wildman–Crippen LogP) is 1.01. The summed E-state index contributed by atoms with van der Waals surface area (Å²) >= 11 is 1.51. The number of nitrogens with zero attached hydrogens (tertiary/aromatic N) is 1. The molecule has 6 nitrogen and oxygen atoms in total. The standard InChI is InChI=1S/C11H15N3O3S/c1-2-3-8(10(15)16)14-11(17)13-5-4-9-12-6-7-18-9/h2,6-8H,1,3-5H2,(H,15,16)(H2,13,14,17). The summed E-state index contributed by atoms with van der Waals surface area (Å²) in [6.45, 7) is 3.86. The fourth-order valence-corrected chi connectivity index (χ4v) is 1.88. The number of hydrogen-bond acceptors (Lipinski definition) is 4. The number of thiazole rings is 1. The van der Waals surface area contributed by atoms with E-state index in [0.717, 1.165) is 5.01 Å². The third-order valence-electron chi connectivity index (χ3n) is 2.11. The Bertz CT molecular complexity index is 406. The van der Waals surface area contributed by atoms with Gasteiger partial charge in [0.15, 0.2) is 0 Å². The Hall–Kier alpha value is -1.89. The Kier molecular flexibility index (Phi) is 5.86. The molecule has 1 unspecified atom stereocenters. The molecule has 1 aromatic heterocycles. The first-order chi connectivity index (χ1) is 8.63. The summed E-state index contributed by atoms with van der Waals surface area (Å²) in [5, 5.41) is 16.6. The van der Waals surface area contributed by atoms with E-state index in [2.05, 4.69) is 22.2 Å². The lowest BCUT2D eigenvalue weighted by Gasteiger charge is -2.13. The molecule has 0 aliphatic heterocycles. The van der Waals surface area contributed by atoms with Crippen LogP contribution in [0.3, 0.4) is 0 Å². The maximum Gasteiger partial charge on any atom is 0.326 e. The summed E-state index contributed by atoms with van der Waals surface area (Å²) in [6, 6.07) is -1.44. The Morgan fingerprint density at radius 3 is 2.94 bits per heavy atom. The van der Waals surface area contributed by atoms with Crippen molar-refractivity contribution >= 4 is 23.3 Å². The molecule has 98 valence electrons. The number of amides is 2. The number of aliphatic carboxylic acids is 1. The molecule has 1 aromatic rings. The van der Waals surface area contributed by atoms with Crippen LogP contribution in [0.2, 0.25) is 0 Å². The van der Waals surface area contributed by atoms with E-state index in [9.17, 15) is 9.59 Å². The van der Waals surface area contributed by atoms with Gasteiger partial charge in [-0.25, -0.2) is 14.6 Å². The average Bonchev–Trinajstić information content (AvgIpc) is 2.81. The molecule has 0 saturated heterocycles. The zero-order valence-corrected chi connectivity index (χ0v) is 10.6. The second-order valence-electron chi connectivity index (χ2n) is 3.49. The van der Waals surface area contributed by atoms with Gasteiger partial charge in [0.05, 0.1) is 5.01 Å². The maximum atomic E-state index is 11.4. The van der Waals surface area contributed by atoms with Gasteiger partial charge in [0.2, 0.25) is 0 Å². The monoisotopic (exact) mass is 269 g/mol. The first kappa shape index (κ1) is 14.2. The molecule has 1 heterocycles. The Morgan fingerprint density at radius 2 is 2.39 bits per heavy atom. The van der Waals surface area contributed by atoms with Crippen LogP contribution in [-0.4, -0.2) is 34.7 Å². The first-order valence-corrected chi connectivity index (χ1v) is 6.28. The zero-order chi connectivity index (χ0) is 13.4. The van der Waals surface area contributed by atoms with E-state index in [0.29, 0.717) is 13.0 Å². The smallest absolute Gasteiger partial charge is 0.326 e. The maximum absolute atomic E-state index is 11.4. The first-order valence-electron chi connectivity index (χ1n) is 5.40. The number of nitrogens with one attached hydrogen (secondary N) is 2. The average molecular weight is 269 g/mol. The van der Waals surface area contributed by atoms with Gasteiger partial charge in [0, 0.05) is 24.5 Å². The van der Waals surface area contributed by atoms with Crippen molar-refractivity contribution in [3.8, 4) is 0 Å². The second kappa shape index (κ2) is 7.44. The number of hydrogen-bond donors (Lipinski definition) is 3. The van der Waals surface area contributed by atoms with Crippen LogP contribution in [0.5, 0.6) is 0 Å². The van der Waals surface area contributed by atoms with Crippen molar-refractivity contribution in [2.45, 2.75) is 18.9 Å². The number of carboxylic acids is 1. The van der Waals surface area contributed by atoms with Gasteiger partial charge < -0.3 is 15.7 Å². The van der Waals surface area contributed by atoms with Crippen molar-refractivity contribution in [3.63, 3.8) is 0 Å². The van der Waals surface area contributed by atoms with Crippen LogP contribution < -0.4 is 10.6 Å². The van der Waals surface area contributed by atoms with Crippen LogP contribution in [-0.2, 0) is 11.2 Å². The molecule has 0 spiro atoms. The molecule has 0 aliphatic rings. The summed E-state index contributed by atoms with van der Waals surface area (Å²) in [5.74, 6) is -1.08. The summed E-state index contributed by atoms with van der Waals surface area (Å²) in [5.41, 5.74) is 0. The Balaban J connectivity index is 2.27. The minimum absolute atomic E-state index is 0.190. The molecule has 0 aromatic carbocycles. The fraction of sp³-hybridized carbons (Fsp3) is 0.364. The van der Waals surface area contributed by atoms with Gasteiger partial charge in [-0.15, -0.1) is 17.9 Å². The molecule has 3 N–H and O–H groups in total. The highest BCUT2D eigenvalue weighted by atomic mass is 32.1. The Morgan fingerprint density at radius 1 is 1.61 bits per heavy atom. The number of carboxylic acid groups (broad SMARTS) is 1. The van der Waals surface area contributed by atoms with Crippen molar-refractivity contribution in [1.29, 1.82) is 0 Å². The minimum Gasteiger partial charge on any atom is -0.480 e. The van der Waals surface area contributed by atoms with E-state index in [4.69, 9.17) is 5.11 Å².